The zero-order chi connectivity index (χ0) is 10.1. The number of benzene rings is 1. The summed E-state index contributed by atoms with van der Waals surface area (Å²) >= 11 is 11.8. The molecule has 0 saturated carbocycles. The minimum Gasteiger partial charge on any atom is -0.392 e. The van der Waals surface area contributed by atoms with Crippen molar-refractivity contribution in [2.75, 3.05) is 0 Å². The van der Waals surface area contributed by atoms with Crippen LogP contribution in [0.15, 0.2) is 22.4 Å². The van der Waals surface area contributed by atoms with E-state index in [1.54, 1.807) is 11.3 Å². The second kappa shape index (κ2) is 4.11. The lowest BCUT2D eigenvalue weighted by molar-refractivity contribution is 0.280. The Balaban J connectivity index is 2.80. The van der Waals surface area contributed by atoms with Gasteiger partial charge in [-0.2, -0.15) is 0 Å². The van der Waals surface area contributed by atoms with E-state index in [1.165, 1.54) is 0 Å². The van der Waals surface area contributed by atoms with Gasteiger partial charge < -0.3 is 5.11 Å². The van der Waals surface area contributed by atoms with Crippen LogP contribution in [-0.4, -0.2) is 5.11 Å². The molecule has 2 rings (SSSR count). The maximum absolute atomic E-state index is 9.27. The zero-order valence-corrected chi connectivity index (χ0v) is 9.79. The van der Waals surface area contributed by atoms with Gasteiger partial charge in [0.1, 0.15) is 0 Å². The number of aliphatic hydroxyl groups is 1. The molecule has 0 aliphatic heterocycles. The standard InChI is InChI=1S/C10H9ClOS2/c11-4-6-3-9-7(1-2-14-9)8(5-12)10(6)13/h1-3,12-13H,4-5H2. The SMILES string of the molecule is OCc1c(S)c(CCl)cc2sccc12. The molecule has 0 spiro atoms. The smallest absolute Gasteiger partial charge is 0.0699 e. The van der Waals surface area contributed by atoms with E-state index in [2.05, 4.69) is 12.6 Å². The average molecular weight is 245 g/mol. The van der Waals surface area contributed by atoms with Gasteiger partial charge in [-0.1, -0.05) is 0 Å². The molecule has 0 amide bonds. The summed E-state index contributed by atoms with van der Waals surface area (Å²) in [5, 5.41) is 12.4. The second-order valence-corrected chi connectivity index (χ2v) is 4.65. The Morgan fingerprint density at radius 3 is 2.93 bits per heavy atom. The van der Waals surface area contributed by atoms with Crippen LogP contribution in [0.4, 0.5) is 0 Å². The van der Waals surface area contributed by atoms with Gasteiger partial charge in [-0.3, -0.25) is 0 Å². The van der Waals surface area contributed by atoms with Crippen LogP contribution >= 0.6 is 35.6 Å². The quantitative estimate of drug-likeness (QED) is 0.613. The summed E-state index contributed by atoms with van der Waals surface area (Å²) < 4.78 is 1.16. The van der Waals surface area contributed by atoms with Crippen LogP contribution in [-0.2, 0) is 12.5 Å². The summed E-state index contributed by atoms with van der Waals surface area (Å²) in [6.07, 6.45) is 0. The molecule has 0 atom stereocenters. The van der Waals surface area contributed by atoms with Crippen molar-refractivity contribution < 1.29 is 5.11 Å². The number of fused-ring (bicyclic) bond motifs is 1. The molecule has 1 heterocycles. The molecule has 2 aromatic rings. The van der Waals surface area contributed by atoms with Crippen LogP contribution in [0.1, 0.15) is 11.1 Å². The highest BCUT2D eigenvalue weighted by molar-refractivity contribution is 7.80. The molecule has 0 aliphatic carbocycles. The van der Waals surface area contributed by atoms with E-state index in [4.69, 9.17) is 11.6 Å². The number of rotatable bonds is 2. The monoisotopic (exact) mass is 244 g/mol. The molecule has 0 bridgehead atoms. The highest BCUT2D eigenvalue weighted by atomic mass is 35.5. The van der Waals surface area contributed by atoms with Gasteiger partial charge in [0, 0.05) is 15.5 Å². The van der Waals surface area contributed by atoms with E-state index in [0.717, 1.165) is 26.1 Å². The Morgan fingerprint density at radius 2 is 2.29 bits per heavy atom. The van der Waals surface area contributed by atoms with E-state index in [9.17, 15) is 5.11 Å². The molecule has 0 radical (unpaired) electrons. The molecule has 1 aromatic carbocycles. The number of thiol groups is 1. The van der Waals surface area contributed by atoms with Crippen molar-refractivity contribution in [3.63, 3.8) is 0 Å². The van der Waals surface area contributed by atoms with Crippen LogP contribution in [0, 0.1) is 0 Å². The number of hydrogen-bond acceptors (Lipinski definition) is 3. The first-order valence-electron chi connectivity index (χ1n) is 4.15. The number of aliphatic hydroxyl groups excluding tert-OH is 1. The molecule has 4 heteroatoms. The van der Waals surface area contributed by atoms with E-state index >= 15 is 0 Å². The molecular formula is C10H9ClOS2. The van der Waals surface area contributed by atoms with E-state index < -0.39 is 0 Å². The molecule has 14 heavy (non-hydrogen) atoms. The topological polar surface area (TPSA) is 20.2 Å². The largest absolute Gasteiger partial charge is 0.392 e. The van der Waals surface area contributed by atoms with Crippen LogP contribution in [0.3, 0.4) is 0 Å². The van der Waals surface area contributed by atoms with Crippen molar-refractivity contribution in [2.24, 2.45) is 0 Å². The summed E-state index contributed by atoms with van der Waals surface area (Å²) in [5.74, 6) is 0.430. The normalized spacial score (nSPS) is 11.1. The summed E-state index contributed by atoms with van der Waals surface area (Å²) in [5.41, 5.74) is 1.86. The highest BCUT2D eigenvalue weighted by Gasteiger charge is 2.10. The van der Waals surface area contributed by atoms with Gasteiger partial charge in [0.15, 0.2) is 0 Å². The van der Waals surface area contributed by atoms with Gasteiger partial charge in [-0.15, -0.1) is 35.6 Å². The van der Waals surface area contributed by atoms with Crippen molar-refractivity contribution in [1.82, 2.24) is 0 Å². The molecule has 74 valence electrons. The lowest BCUT2D eigenvalue weighted by atomic mass is 10.1. The van der Waals surface area contributed by atoms with Crippen molar-refractivity contribution >= 4 is 45.7 Å². The fourth-order valence-electron chi connectivity index (χ4n) is 1.49. The van der Waals surface area contributed by atoms with Gasteiger partial charge in [0.05, 0.1) is 6.61 Å². The number of alkyl halides is 1. The minimum atomic E-state index is 0.0107. The predicted octanol–water partition coefficient (Wildman–Crippen LogP) is 3.42. The van der Waals surface area contributed by atoms with Gasteiger partial charge in [0.2, 0.25) is 0 Å². The van der Waals surface area contributed by atoms with Gasteiger partial charge in [0.25, 0.3) is 0 Å². The number of halogens is 1. The first-order chi connectivity index (χ1) is 6.77. The van der Waals surface area contributed by atoms with Gasteiger partial charge in [-0.05, 0) is 34.0 Å². The highest BCUT2D eigenvalue weighted by Crippen LogP contribution is 2.32. The molecule has 0 aliphatic rings. The fourth-order valence-corrected chi connectivity index (χ4v) is 3.01. The van der Waals surface area contributed by atoms with Gasteiger partial charge in [-0.25, -0.2) is 0 Å². The van der Waals surface area contributed by atoms with E-state index in [1.807, 2.05) is 17.5 Å². The molecule has 1 aromatic heterocycles. The maximum atomic E-state index is 9.27. The first kappa shape index (κ1) is 10.3. The summed E-state index contributed by atoms with van der Waals surface area (Å²) in [7, 11) is 0. The molecule has 1 nitrogen and oxygen atoms in total. The van der Waals surface area contributed by atoms with Crippen molar-refractivity contribution in [2.45, 2.75) is 17.4 Å². The average Bonchev–Trinajstić information content (AvgIpc) is 2.64. The first-order valence-corrected chi connectivity index (χ1v) is 6.01. The van der Waals surface area contributed by atoms with Crippen molar-refractivity contribution in [3.8, 4) is 0 Å². The van der Waals surface area contributed by atoms with E-state index in [-0.39, 0.29) is 6.61 Å². The Hall–Kier alpha value is -0.220. The maximum Gasteiger partial charge on any atom is 0.0699 e. The summed E-state index contributed by atoms with van der Waals surface area (Å²) in [6, 6.07) is 4.04. The van der Waals surface area contributed by atoms with Crippen LogP contribution < -0.4 is 0 Å². The molecule has 1 N–H and O–H groups in total. The molecular weight excluding hydrogens is 236 g/mol. The van der Waals surface area contributed by atoms with Crippen molar-refractivity contribution in [1.29, 1.82) is 0 Å². The van der Waals surface area contributed by atoms with Crippen LogP contribution in [0.25, 0.3) is 10.1 Å². The second-order valence-electron chi connectivity index (χ2n) is 2.99. The Morgan fingerprint density at radius 1 is 1.50 bits per heavy atom. The minimum absolute atomic E-state index is 0.0107. The zero-order valence-electron chi connectivity index (χ0n) is 7.33. The fraction of sp³-hybridized carbons (Fsp3) is 0.200. The Kier molecular flexibility index (Phi) is 3.02. The summed E-state index contributed by atoms with van der Waals surface area (Å²) in [6.45, 7) is 0.0107. The van der Waals surface area contributed by atoms with E-state index in [0.29, 0.717) is 5.88 Å². The van der Waals surface area contributed by atoms with Crippen LogP contribution in [0.2, 0.25) is 0 Å². The molecule has 0 saturated heterocycles. The van der Waals surface area contributed by atoms with Crippen molar-refractivity contribution in [3.05, 3.63) is 28.6 Å². The predicted molar refractivity (Wildman–Crippen MR) is 64.6 cm³/mol. The third-order valence-corrected chi connectivity index (χ3v) is 3.93. The van der Waals surface area contributed by atoms with Crippen LogP contribution in [0.5, 0.6) is 0 Å². The Bertz CT molecular complexity index is 464. The number of hydrogen-bond donors (Lipinski definition) is 2. The van der Waals surface area contributed by atoms with Gasteiger partial charge >= 0.3 is 0 Å². The lowest BCUT2D eigenvalue weighted by Crippen LogP contribution is -1.91. The number of thiophene rings is 1. The third-order valence-electron chi connectivity index (χ3n) is 2.22. The third kappa shape index (κ3) is 1.54. The molecule has 0 unspecified atom stereocenters. The Labute approximate surface area is 96.7 Å². The summed E-state index contributed by atoms with van der Waals surface area (Å²) in [4.78, 5) is 0.813. The lowest BCUT2D eigenvalue weighted by Gasteiger charge is -2.08. The molecule has 0 fully saturated rings.